The Balaban J connectivity index is 2.55. The minimum absolute atomic E-state index is 0.874. The van der Waals surface area contributed by atoms with Gasteiger partial charge >= 0.3 is 0 Å². The van der Waals surface area contributed by atoms with Gasteiger partial charge in [0.15, 0.2) is 0 Å². The Kier molecular flexibility index (Phi) is 2.08. The van der Waals surface area contributed by atoms with E-state index >= 15 is 0 Å². The molecule has 2 heteroatoms. The second-order valence-corrected chi connectivity index (χ2v) is 3.13. The van der Waals surface area contributed by atoms with Crippen molar-refractivity contribution in [3.05, 3.63) is 42.2 Å². The van der Waals surface area contributed by atoms with Crippen molar-refractivity contribution in [1.82, 2.24) is 0 Å². The number of nitrogens with zero attached hydrogens (tertiary/aromatic N) is 1. The summed E-state index contributed by atoms with van der Waals surface area (Å²) in [4.78, 5) is 0. The van der Waals surface area contributed by atoms with Crippen LogP contribution in [0.3, 0.4) is 0 Å². The predicted octanol–water partition coefficient (Wildman–Crippen LogP) is 3.36. The number of rotatable bonds is 1. The van der Waals surface area contributed by atoms with Crippen LogP contribution < -0.4 is 0 Å². The molecule has 0 saturated heterocycles. The average Bonchev–Trinajstić information content (AvgIpc) is 2.64. The van der Waals surface area contributed by atoms with Crippen LogP contribution in [0.4, 0.5) is 0 Å². The van der Waals surface area contributed by atoms with E-state index in [1.54, 1.807) is 12.3 Å². The molecule has 0 N–H and O–H groups in total. The lowest BCUT2D eigenvalue weighted by Crippen LogP contribution is -1.77. The lowest BCUT2D eigenvalue weighted by molar-refractivity contribution is 0.616. The van der Waals surface area contributed by atoms with Crippen molar-refractivity contribution in [3.8, 4) is 6.07 Å². The van der Waals surface area contributed by atoms with Crippen LogP contribution >= 0.6 is 0 Å². The molecule has 0 fully saturated rings. The van der Waals surface area contributed by atoms with Crippen molar-refractivity contribution in [2.24, 2.45) is 0 Å². The van der Waals surface area contributed by atoms with Crippen LogP contribution in [-0.4, -0.2) is 0 Å². The maximum atomic E-state index is 8.53. The highest BCUT2D eigenvalue weighted by Gasteiger charge is 1.99. The summed E-state index contributed by atoms with van der Waals surface area (Å²) in [7, 11) is 0. The summed E-state index contributed by atoms with van der Waals surface area (Å²) in [6.45, 7) is 1.92. The van der Waals surface area contributed by atoms with Crippen molar-refractivity contribution < 1.29 is 4.42 Å². The van der Waals surface area contributed by atoms with Gasteiger partial charge in [0.25, 0.3) is 0 Å². The molecule has 2 aromatic rings. The Morgan fingerprint density at radius 3 is 3.07 bits per heavy atom. The third-order valence-electron chi connectivity index (χ3n) is 2.19. The van der Waals surface area contributed by atoms with Crippen LogP contribution in [0.15, 0.2) is 41.0 Å². The summed E-state index contributed by atoms with van der Waals surface area (Å²) in [5, 5.41) is 9.59. The first kappa shape index (κ1) is 8.58. The number of hydrogen-bond acceptors (Lipinski definition) is 2. The van der Waals surface area contributed by atoms with Gasteiger partial charge in [-0.3, -0.25) is 0 Å². The summed E-state index contributed by atoms with van der Waals surface area (Å²) in [6, 6.07) is 9.82. The van der Waals surface area contributed by atoms with Crippen LogP contribution in [-0.2, 0) is 0 Å². The Morgan fingerprint density at radius 1 is 1.43 bits per heavy atom. The highest BCUT2D eigenvalue weighted by atomic mass is 16.3. The zero-order valence-electron chi connectivity index (χ0n) is 7.82. The maximum Gasteiger partial charge on any atom is 0.133 e. The van der Waals surface area contributed by atoms with Gasteiger partial charge < -0.3 is 4.42 Å². The second-order valence-electron chi connectivity index (χ2n) is 3.13. The van der Waals surface area contributed by atoms with Crippen LogP contribution in [0.2, 0.25) is 0 Å². The summed E-state index contributed by atoms with van der Waals surface area (Å²) in [5.41, 5.74) is 2.90. The molecule has 0 amide bonds. The standard InChI is InChI=1S/C12H9NO/c1-9(4-6-13)10-2-3-12-11(8-10)5-7-14-12/h2-5,7-8H,1H3/b9-4+. The van der Waals surface area contributed by atoms with Crippen LogP contribution in [0.25, 0.3) is 16.5 Å². The third-order valence-corrected chi connectivity index (χ3v) is 2.19. The van der Waals surface area contributed by atoms with Crippen molar-refractivity contribution >= 4 is 16.5 Å². The van der Waals surface area contributed by atoms with E-state index in [4.69, 9.17) is 9.68 Å². The molecule has 0 spiro atoms. The van der Waals surface area contributed by atoms with Gasteiger partial charge in [-0.05, 0) is 36.3 Å². The Morgan fingerprint density at radius 2 is 2.29 bits per heavy atom. The van der Waals surface area contributed by atoms with Crippen LogP contribution in [0.5, 0.6) is 0 Å². The molecule has 68 valence electrons. The number of allylic oxidation sites excluding steroid dienone is 2. The Bertz CT molecular complexity index is 528. The minimum Gasteiger partial charge on any atom is -0.464 e. The Labute approximate surface area is 82.1 Å². The average molecular weight is 183 g/mol. The monoisotopic (exact) mass is 183 g/mol. The first-order valence-electron chi connectivity index (χ1n) is 4.35. The van der Waals surface area contributed by atoms with Gasteiger partial charge in [0, 0.05) is 11.5 Å². The molecule has 0 radical (unpaired) electrons. The molecule has 0 atom stereocenters. The number of fused-ring (bicyclic) bond motifs is 1. The summed E-state index contributed by atoms with van der Waals surface area (Å²) < 4.78 is 5.23. The molecule has 1 heterocycles. The van der Waals surface area contributed by atoms with Gasteiger partial charge in [-0.1, -0.05) is 6.07 Å². The largest absolute Gasteiger partial charge is 0.464 e. The van der Waals surface area contributed by atoms with E-state index < -0.39 is 0 Å². The van der Waals surface area contributed by atoms with E-state index in [9.17, 15) is 0 Å². The van der Waals surface area contributed by atoms with Crippen molar-refractivity contribution in [2.45, 2.75) is 6.92 Å². The predicted molar refractivity (Wildman–Crippen MR) is 55.5 cm³/mol. The first-order chi connectivity index (χ1) is 6.81. The SMILES string of the molecule is C/C(=C\C#N)c1ccc2occc2c1. The number of furan rings is 1. The molecule has 0 bridgehead atoms. The van der Waals surface area contributed by atoms with Crippen molar-refractivity contribution in [1.29, 1.82) is 5.26 Å². The van der Waals surface area contributed by atoms with E-state index in [1.165, 1.54) is 0 Å². The van der Waals surface area contributed by atoms with E-state index in [-0.39, 0.29) is 0 Å². The molecular weight excluding hydrogens is 174 g/mol. The molecule has 0 aliphatic rings. The fourth-order valence-corrected chi connectivity index (χ4v) is 1.39. The quantitative estimate of drug-likeness (QED) is 0.635. The topological polar surface area (TPSA) is 36.9 Å². The van der Waals surface area contributed by atoms with Crippen LogP contribution in [0.1, 0.15) is 12.5 Å². The first-order valence-corrected chi connectivity index (χ1v) is 4.35. The van der Waals surface area contributed by atoms with Crippen molar-refractivity contribution in [2.75, 3.05) is 0 Å². The zero-order chi connectivity index (χ0) is 9.97. The van der Waals surface area contributed by atoms with E-state index in [0.717, 1.165) is 22.1 Å². The van der Waals surface area contributed by atoms with Gasteiger partial charge in [-0.25, -0.2) is 0 Å². The molecule has 1 aromatic heterocycles. The van der Waals surface area contributed by atoms with Gasteiger partial charge in [0.05, 0.1) is 12.3 Å². The second kappa shape index (κ2) is 3.39. The molecule has 2 rings (SSSR count). The zero-order valence-corrected chi connectivity index (χ0v) is 7.82. The smallest absolute Gasteiger partial charge is 0.133 e. The van der Waals surface area contributed by atoms with Gasteiger partial charge in [-0.2, -0.15) is 5.26 Å². The fourth-order valence-electron chi connectivity index (χ4n) is 1.39. The summed E-state index contributed by atoms with van der Waals surface area (Å²) in [6.07, 6.45) is 3.21. The fraction of sp³-hybridized carbons (Fsp3) is 0.0833. The summed E-state index contributed by atoms with van der Waals surface area (Å²) >= 11 is 0. The van der Waals surface area contributed by atoms with E-state index in [2.05, 4.69) is 0 Å². The maximum absolute atomic E-state index is 8.53. The summed E-state index contributed by atoms with van der Waals surface area (Å²) in [5.74, 6) is 0. The third kappa shape index (κ3) is 1.40. The number of hydrogen-bond donors (Lipinski definition) is 0. The molecule has 1 aromatic carbocycles. The van der Waals surface area contributed by atoms with E-state index in [1.807, 2.05) is 37.3 Å². The van der Waals surface area contributed by atoms with Gasteiger partial charge in [-0.15, -0.1) is 0 Å². The molecule has 0 aliphatic heterocycles. The number of nitriles is 1. The highest BCUT2D eigenvalue weighted by Crippen LogP contribution is 2.21. The molecule has 14 heavy (non-hydrogen) atoms. The molecule has 0 saturated carbocycles. The molecular formula is C12H9NO. The minimum atomic E-state index is 0.874. The lowest BCUT2D eigenvalue weighted by atomic mass is 10.1. The van der Waals surface area contributed by atoms with Crippen LogP contribution in [0, 0.1) is 11.3 Å². The molecule has 2 nitrogen and oxygen atoms in total. The van der Waals surface area contributed by atoms with Gasteiger partial charge in [0.1, 0.15) is 5.58 Å². The lowest BCUT2D eigenvalue weighted by Gasteiger charge is -1.98. The molecule has 0 unspecified atom stereocenters. The molecule has 0 aliphatic carbocycles. The number of benzene rings is 1. The normalized spacial score (nSPS) is 11.6. The van der Waals surface area contributed by atoms with Gasteiger partial charge in [0.2, 0.25) is 0 Å². The highest BCUT2D eigenvalue weighted by molar-refractivity contribution is 5.82. The van der Waals surface area contributed by atoms with E-state index in [0.29, 0.717) is 0 Å². The Hall–Kier alpha value is -2.01. The van der Waals surface area contributed by atoms with Crippen molar-refractivity contribution in [3.63, 3.8) is 0 Å².